The fourth-order valence-corrected chi connectivity index (χ4v) is 2.67. The van der Waals surface area contributed by atoms with Crippen molar-refractivity contribution in [1.82, 2.24) is 5.32 Å². The Balaban J connectivity index is 2.81. The van der Waals surface area contributed by atoms with Gasteiger partial charge in [-0.05, 0) is 25.3 Å². The van der Waals surface area contributed by atoms with E-state index in [1.165, 1.54) is 0 Å². The summed E-state index contributed by atoms with van der Waals surface area (Å²) in [6.07, 6.45) is 1.61. The Labute approximate surface area is 96.7 Å². The van der Waals surface area contributed by atoms with Crippen LogP contribution >= 0.6 is 0 Å². The Kier molecular flexibility index (Phi) is 5.18. The van der Waals surface area contributed by atoms with Gasteiger partial charge in [-0.25, -0.2) is 4.79 Å². The fourth-order valence-electron chi connectivity index (χ4n) is 1.52. The summed E-state index contributed by atoms with van der Waals surface area (Å²) < 4.78 is 16.0. The molecule has 1 fully saturated rings. The molecule has 0 bridgehead atoms. The van der Waals surface area contributed by atoms with Gasteiger partial charge in [-0.1, -0.05) is 0 Å². The summed E-state index contributed by atoms with van der Waals surface area (Å²) >= 11 is 0. The van der Waals surface area contributed by atoms with E-state index in [2.05, 4.69) is 5.32 Å². The molecule has 5 nitrogen and oxygen atoms in total. The van der Waals surface area contributed by atoms with Gasteiger partial charge in [0, 0.05) is 22.3 Å². The van der Waals surface area contributed by atoms with Crippen molar-refractivity contribution < 1.29 is 18.5 Å². The Morgan fingerprint density at radius 2 is 2.12 bits per heavy atom. The van der Waals surface area contributed by atoms with E-state index in [9.17, 15) is 13.8 Å². The predicted molar refractivity (Wildman–Crippen MR) is 60.0 cm³/mol. The highest BCUT2D eigenvalue weighted by atomic mass is 32.2. The van der Waals surface area contributed by atoms with E-state index in [1.807, 2.05) is 0 Å². The van der Waals surface area contributed by atoms with Crippen LogP contribution in [0.1, 0.15) is 19.8 Å². The quantitative estimate of drug-likeness (QED) is 0.433. The Morgan fingerprint density at radius 3 is 2.62 bits per heavy atom. The van der Waals surface area contributed by atoms with Crippen molar-refractivity contribution in [1.29, 1.82) is 0 Å². The summed E-state index contributed by atoms with van der Waals surface area (Å²) in [5.41, 5.74) is 1.04. The molecule has 1 aliphatic rings. The van der Waals surface area contributed by atoms with Crippen LogP contribution in [0.2, 0.25) is 0 Å². The smallest absolute Gasteiger partial charge is 0.354 e. The van der Waals surface area contributed by atoms with Gasteiger partial charge in [0.1, 0.15) is 5.70 Å². The lowest BCUT2D eigenvalue weighted by Gasteiger charge is -2.17. The molecule has 1 N–H and O–H groups in total. The van der Waals surface area contributed by atoms with Crippen LogP contribution in [-0.2, 0) is 25.1 Å². The van der Waals surface area contributed by atoms with Gasteiger partial charge >= 0.3 is 5.97 Å². The number of hydrogen-bond acceptors (Lipinski definition) is 4. The first kappa shape index (κ1) is 12.9. The number of amides is 1. The number of hydrogen-bond donors (Lipinski definition) is 1. The van der Waals surface area contributed by atoms with Crippen LogP contribution in [-0.4, -0.2) is 34.7 Å². The van der Waals surface area contributed by atoms with E-state index in [-0.39, 0.29) is 12.3 Å². The number of carbonyl (C=O) groups excluding carboxylic acids is 2. The molecule has 0 aromatic carbocycles. The minimum absolute atomic E-state index is 0.216. The summed E-state index contributed by atoms with van der Waals surface area (Å²) in [6.45, 7) is 1.97. The third kappa shape index (κ3) is 3.44. The topological polar surface area (TPSA) is 72.5 Å². The number of ether oxygens (including phenoxy) is 1. The van der Waals surface area contributed by atoms with Crippen LogP contribution in [0.3, 0.4) is 0 Å². The van der Waals surface area contributed by atoms with Crippen LogP contribution < -0.4 is 5.32 Å². The first-order valence-corrected chi connectivity index (χ1v) is 6.62. The van der Waals surface area contributed by atoms with E-state index in [1.54, 1.807) is 6.92 Å². The summed E-state index contributed by atoms with van der Waals surface area (Å²) in [6, 6.07) is 0. The van der Waals surface area contributed by atoms with E-state index >= 15 is 0 Å². The molecule has 0 unspecified atom stereocenters. The zero-order valence-electron chi connectivity index (χ0n) is 9.15. The SMILES string of the molecule is CCOC(=O)C(NC=O)=C1CCS(=O)CC1. The van der Waals surface area contributed by atoms with E-state index in [0.717, 1.165) is 5.57 Å². The second-order valence-corrected chi connectivity index (χ2v) is 5.01. The van der Waals surface area contributed by atoms with Gasteiger partial charge in [0.15, 0.2) is 0 Å². The average Bonchev–Trinajstić information content (AvgIpc) is 2.28. The van der Waals surface area contributed by atoms with Crippen molar-refractivity contribution in [2.24, 2.45) is 0 Å². The Bertz CT molecular complexity index is 326. The predicted octanol–water partition coefficient (Wildman–Crippen LogP) is 0.0921. The maximum Gasteiger partial charge on any atom is 0.354 e. The van der Waals surface area contributed by atoms with E-state index in [0.29, 0.717) is 30.8 Å². The minimum Gasteiger partial charge on any atom is -0.461 e. The highest BCUT2D eigenvalue weighted by Crippen LogP contribution is 2.19. The molecule has 0 aromatic rings. The number of nitrogens with one attached hydrogen (secondary N) is 1. The van der Waals surface area contributed by atoms with Gasteiger partial charge in [0.05, 0.1) is 6.61 Å². The molecule has 6 heteroatoms. The molecule has 0 aromatic heterocycles. The molecule has 1 rings (SSSR count). The molecule has 16 heavy (non-hydrogen) atoms. The molecule has 0 spiro atoms. The third-order valence-corrected chi connectivity index (χ3v) is 3.62. The summed E-state index contributed by atoms with van der Waals surface area (Å²) in [4.78, 5) is 22.0. The van der Waals surface area contributed by atoms with E-state index < -0.39 is 16.8 Å². The van der Waals surface area contributed by atoms with Crippen LogP contribution in [0.25, 0.3) is 0 Å². The summed E-state index contributed by atoms with van der Waals surface area (Å²) in [7, 11) is -0.801. The van der Waals surface area contributed by atoms with Gasteiger partial charge in [0.2, 0.25) is 6.41 Å². The number of carbonyl (C=O) groups is 2. The van der Waals surface area contributed by atoms with Crippen molar-refractivity contribution in [3.8, 4) is 0 Å². The number of esters is 1. The monoisotopic (exact) mass is 245 g/mol. The molecule has 1 saturated heterocycles. The molecular formula is C10H15NO4S. The molecule has 1 heterocycles. The molecule has 1 amide bonds. The maximum absolute atomic E-state index is 11.5. The van der Waals surface area contributed by atoms with Gasteiger partial charge in [-0.15, -0.1) is 0 Å². The lowest BCUT2D eigenvalue weighted by atomic mass is 10.1. The summed E-state index contributed by atoms with van der Waals surface area (Å²) in [5.74, 6) is 0.564. The highest BCUT2D eigenvalue weighted by molar-refractivity contribution is 7.85. The summed E-state index contributed by atoms with van der Waals surface area (Å²) in [5, 5.41) is 2.38. The Morgan fingerprint density at radius 1 is 1.50 bits per heavy atom. The number of rotatable bonds is 4. The third-order valence-electron chi connectivity index (χ3n) is 2.30. The van der Waals surface area contributed by atoms with Crippen LogP contribution in [0.5, 0.6) is 0 Å². The van der Waals surface area contributed by atoms with Gasteiger partial charge < -0.3 is 10.1 Å². The zero-order chi connectivity index (χ0) is 12.0. The highest BCUT2D eigenvalue weighted by Gasteiger charge is 2.20. The molecule has 1 aliphatic heterocycles. The van der Waals surface area contributed by atoms with Crippen LogP contribution in [0.4, 0.5) is 0 Å². The van der Waals surface area contributed by atoms with Gasteiger partial charge in [-0.3, -0.25) is 9.00 Å². The maximum atomic E-state index is 11.5. The van der Waals surface area contributed by atoms with Crippen molar-refractivity contribution >= 4 is 23.2 Å². The van der Waals surface area contributed by atoms with Gasteiger partial charge in [0.25, 0.3) is 0 Å². The van der Waals surface area contributed by atoms with Crippen LogP contribution in [0.15, 0.2) is 11.3 Å². The standard InChI is InChI=1S/C10H15NO4S/c1-2-15-10(13)9(11-7-12)8-3-5-16(14)6-4-8/h7H,2-6H2,1H3,(H,11,12). The lowest BCUT2D eigenvalue weighted by molar-refractivity contribution is -0.139. The molecule has 0 radical (unpaired) electrons. The minimum atomic E-state index is -0.801. The van der Waals surface area contributed by atoms with Crippen molar-refractivity contribution in [2.75, 3.05) is 18.1 Å². The zero-order valence-corrected chi connectivity index (χ0v) is 9.97. The van der Waals surface area contributed by atoms with Crippen LogP contribution in [0, 0.1) is 0 Å². The Hall–Kier alpha value is -1.17. The fraction of sp³-hybridized carbons (Fsp3) is 0.600. The lowest BCUT2D eigenvalue weighted by Crippen LogP contribution is -2.26. The van der Waals surface area contributed by atoms with Gasteiger partial charge in [-0.2, -0.15) is 0 Å². The molecule has 0 aliphatic carbocycles. The first-order valence-electron chi connectivity index (χ1n) is 5.13. The van der Waals surface area contributed by atoms with Crippen molar-refractivity contribution in [3.63, 3.8) is 0 Å². The molecule has 90 valence electrons. The van der Waals surface area contributed by atoms with E-state index in [4.69, 9.17) is 4.74 Å². The molecule has 0 saturated carbocycles. The average molecular weight is 245 g/mol. The second-order valence-electron chi connectivity index (χ2n) is 3.31. The molecule has 0 atom stereocenters. The molecular weight excluding hydrogens is 230 g/mol. The second kappa shape index (κ2) is 6.42. The largest absolute Gasteiger partial charge is 0.461 e. The van der Waals surface area contributed by atoms with Crippen molar-refractivity contribution in [2.45, 2.75) is 19.8 Å². The first-order chi connectivity index (χ1) is 7.69. The van der Waals surface area contributed by atoms with Crippen molar-refractivity contribution in [3.05, 3.63) is 11.3 Å². The number of allylic oxidation sites excluding steroid dienone is 1. The normalized spacial score (nSPS) is 20.1.